The molecule has 0 aromatic heterocycles. The maximum Gasteiger partial charge on any atom is 0.0593 e. The summed E-state index contributed by atoms with van der Waals surface area (Å²) < 4.78 is 0. The van der Waals surface area contributed by atoms with Crippen molar-refractivity contribution in [2.45, 2.75) is 30.8 Å². The van der Waals surface area contributed by atoms with Crippen molar-refractivity contribution in [2.24, 2.45) is 0 Å². The van der Waals surface area contributed by atoms with Crippen molar-refractivity contribution in [3.05, 3.63) is 71.3 Å². The molecule has 2 heterocycles. The summed E-state index contributed by atoms with van der Waals surface area (Å²) in [4.78, 5) is 4.98. The highest BCUT2D eigenvalue weighted by Gasteiger charge is 2.48. The molecule has 1 N–H and O–H groups in total. The summed E-state index contributed by atoms with van der Waals surface area (Å²) in [5.74, 6) is 0.433. The second-order valence-electron chi connectivity index (χ2n) is 7.96. The largest absolute Gasteiger partial charge is 0.395 e. The Hall–Kier alpha value is -1.94. The predicted molar refractivity (Wildman–Crippen MR) is 113 cm³/mol. The topological polar surface area (TPSA) is 26.7 Å². The SMILES string of the molecule is CN1CCCCN2[C@H](C1)[C@@H](c1ccc(/C=C/c3ccccc3)cc1)[C@@H]2CO. The van der Waals surface area contributed by atoms with Crippen molar-refractivity contribution in [1.82, 2.24) is 9.80 Å². The van der Waals surface area contributed by atoms with Crippen LogP contribution < -0.4 is 0 Å². The summed E-state index contributed by atoms with van der Waals surface area (Å²) in [5, 5.41) is 9.98. The number of fused-ring (bicyclic) bond motifs is 1. The van der Waals surface area contributed by atoms with Crippen molar-refractivity contribution in [2.75, 3.05) is 33.3 Å². The smallest absolute Gasteiger partial charge is 0.0593 e. The molecule has 3 nitrogen and oxygen atoms in total. The van der Waals surface area contributed by atoms with Gasteiger partial charge in [-0.25, -0.2) is 0 Å². The van der Waals surface area contributed by atoms with E-state index in [0.29, 0.717) is 12.0 Å². The first kappa shape index (κ1) is 18.4. The highest BCUT2D eigenvalue weighted by Crippen LogP contribution is 2.41. The van der Waals surface area contributed by atoms with Gasteiger partial charge in [0, 0.05) is 24.5 Å². The maximum absolute atomic E-state index is 9.98. The maximum atomic E-state index is 9.98. The molecule has 2 saturated heterocycles. The monoisotopic (exact) mass is 362 g/mol. The predicted octanol–water partition coefficient (Wildman–Crippen LogP) is 3.71. The molecule has 4 rings (SSSR count). The van der Waals surface area contributed by atoms with Crippen LogP contribution in [-0.2, 0) is 0 Å². The van der Waals surface area contributed by atoms with Crippen LogP contribution in [0.2, 0.25) is 0 Å². The zero-order valence-corrected chi connectivity index (χ0v) is 16.2. The van der Waals surface area contributed by atoms with Crippen LogP contribution >= 0.6 is 0 Å². The van der Waals surface area contributed by atoms with Crippen LogP contribution in [0.25, 0.3) is 12.2 Å². The Morgan fingerprint density at radius 1 is 0.926 bits per heavy atom. The Bertz CT molecular complexity index is 756. The standard InChI is InChI=1S/C24H30N2O/c1-25-15-5-6-16-26-22(17-25)24(23(26)18-27)21-13-11-20(12-14-21)10-9-19-7-3-2-4-8-19/h2-4,7-14,22-24,27H,5-6,15-18H2,1H3/b10-9+/t22-,23+,24-/m1/s1. The fraction of sp³-hybridized carbons (Fsp3) is 0.417. The Morgan fingerprint density at radius 2 is 1.59 bits per heavy atom. The van der Waals surface area contributed by atoms with Gasteiger partial charge in [0.25, 0.3) is 0 Å². The molecule has 0 aliphatic carbocycles. The second kappa shape index (κ2) is 8.39. The number of rotatable bonds is 4. The van der Waals surface area contributed by atoms with Crippen LogP contribution in [0.3, 0.4) is 0 Å². The third kappa shape index (κ3) is 4.01. The van der Waals surface area contributed by atoms with Crippen molar-refractivity contribution in [3.8, 4) is 0 Å². The summed E-state index contributed by atoms with van der Waals surface area (Å²) in [5.41, 5.74) is 3.80. The molecule has 2 aromatic carbocycles. The van der Waals surface area contributed by atoms with E-state index in [1.165, 1.54) is 36.1 Å². The molecule has 0 saturated carbocycles. The molecule has 0 spiro atoms. The highest BCUT2D eigenvalue weighted by atomic mass is 16.3. The van der Waals surface area contributed by atoms with Crippen molar-refractivity contribution >= 4 is 12.2 Å². The molecule has 2 aliphatic heterocycles. The Kier molecular flexibility index (Phi) is 5.72. The van der Waals surface area contributed by atoms with Gasteiger partial charge in [-0.2, -0.15) is 0 Å². The summed E-state index contributed by atoms with van der Waals surface area (Å²) in [6.45, 7) is 3.65. The van der Waals surface area contributed by atoms with E-state index in [-0.39, 0.29) is 12.6 Å². The van der Waals surface area contributed by atoms with Crippen LogP contribution in [0.4, 0.5) is 0 Å². The normalized spacial score (nSPS) is 27.0. The van der Waals surface area contributed by atoms with E-state index in [0.717, 1.165) is 13.1 Å². The van der Waals surface area contributed by atoms with E-state index in [9.17, 15) is 5.11 Å². The minimum atomic E-state index is 0.251. The molecular weight excluding hydrogens is 332 g/mol. The van der Waals surface area contributed by atoms with Crippen molar-refractivity contribution in [3.63, 3.8) is 0 Å². The third-order valence-electron chi connectivity index (χ3n) is 6.16. The first-order chi connectivity index (χ1) is 13.3. The quantitative estimate of drug-likeness (QED) is 0.840. The third-order valence-corrected chi connectivity index (χ3v) is 6.16. The minimum absolute atomic E-state index is 0.251. The van der Waals surface area contributed by atoms with Crippen molar-refractivity contribution < 1.29 is 5.11 Å². The number of benzene rings is 2. The molecule has 3 atom stereocenters. The van der Waals surface area contributed by atoms with Gasteiger partial charge < -0.3 is 10.0 Å². The molecule has 142 valence electrons. The summed E-state index contributed by atoms with van der Waals surface area (Å²) in [6, 6.07) is 20.1. The minimum Gasteiger partial charge on any atom is -0.395 e. The van der Waals surface area contributed by atoms with Crippen LogP contribution in [0, 0.1) is 0 Å². The Balaban J connectivity index is 1.49. The number of aliphatic hydroxyl groups is 1. The lowest BCUT2D eigenvalue weighted by Gasteiger charge is -2.57. The van der Waals surface area contributed by atoms with Gasteiger partial charge in [-0.3, -0.25) is 4.90 Å². The molecule has 0 radical (unpaired) electrons. The molecule has 0 bridgehead atoms. The first-order valence-corrected chi connectivity index (χ1v) is 10.1. The van der Waals surface area contributed by atoms with Gasteiger partial charge in [-0.15, -0.1) is 0 Å². The molecule has 0 unspecified atom stereocenters. The number of nitrogens with zero attached hydrogens (tertiary/aromatic N) is 2. The lowest BCUT2D eigenvalue weighted by Crippen LogP contribution is -2.67. The van der Waals surface area contributed by atoms with E-state index < -0.39 is 0 Å². The van der Waals surface area contributed by atoms with Gasteiger partial charge in [0.1, 0.15) is 0 Å². The van der Waals surface area contributed by atoms with Gasteiger partial charge in [0.05, 0.1) is 6.61 Å². The summed E-state index contributed by atoms with van der Waals surface area (Å²) >= 11 is 0. The van der Waals surface area contributed by atoms with Crippen LogP contribution in [0.15, 0.2) is 54.6 Å². The molecule has 2 aliphatic rings. The van der Waals surface area contributed by atoms with E-state index in [1.807, 2.05) is 6.07 Å². The average Bonchev–Trinajstić information content (AvgIpc) is 2.69. The lowest BCUT2D eigenvalue weighted by atomic mass is 9.74. The number of hydrogen-bond acceptors (Lipinski definition) is 3. The van der Waals surface area contributed by atoms with E-state index in [2.05, 4.69) is 77.5 Å². The van der Waals surface area contributed by atoms with Crippen molar-refractivity contribution in [1.29, 1.82) is 0 Å². The van der Waals surface area contributed by atoms with Crippen LogP contribution in [0.5, 0.6) is 0 Å². The van der Waals surface area contributed by atoms with Crippen LogP contribution in [0.1, 0.15) is 35.4 Å². The lowest BCUT2D eigenvalue weighted by molar-refractivity contribution is -0.0614. The van der Waals surface area contributed by atoms with E-state index >= 15 is 0 Å². The molecule has 3 heteroatoms. The van der Waals surface area contributed by atoms with Gasteiger partial charge in [0.15, 0.2) is 0 Å². The first-order valence-electron chi connectivity index (χ1n) is 10.1. The average molecular weight is 363 g/mol. The number of likely N-dealkylation sites (N-methyl/N-ethyl adjacent to an activating group) is 1. The number of aliphatic hydroxyl groups excluding tert-OH is 1. The molecule has 2 fully saturated rings. The van der Waals surface area contributed by atoms with Gasteiger partial charge in [0.2, 0.25) is 0 Å². The zero-order valence-electron chi connectivity index (χ0n) is 16.2. The Morgan fingerprint density at radius 3 is 2.30 bits per heavy atom. The summed E-state index contributed by atoms with van der Waals surface area (Å²) in [6.07, 6.45) is 6.80. The zero-order chi connectivity index (χ0) is 18.6. The van der Waals surface area contributed by atoms with E-state index in [4.69, 9.17) is 0 Å². The summed E-state index contributed by atoms with van der Waals surface area (Å²) in [7, 11) is 2.23. The molecular formula is C24H30N2O. The molecule has 27 heavy (non-hydrogen) atoms. The second-order valence-corrected chi connectivity index (χ2v) is 7.96. The fourth-order valence-electron chi connectivity index (χ4n) is 4.70. The highest BCUT2D eigenvalue weighted by molar-refractivity contribution is 5.69. The van der Waals surface area contributed by atoms with E-state index in [1.54, 1.807) is 0 Å². The van der Waals surface area contributed by atoms with Gasteiger partial charge in [-0.05, 0) is 49.7 Å². The fourth-order valence-corrected chi connectivity index (χ4v) is 4.70. The molecule has 2 aromatic rings. The Labute approximate surface area is 162 Å². The van der Waals surface area contributed by atoms with Gasteiger partial charge in [-0.1, -0.05) is 66.7 Å². The van der Waals surface area contributed by atoms with Crippen LogP contribution in [-0.4, -0.2) is 60.3 Å². The molecule has 0 amide bonds. The van der Waals surface area contributed by atoms with Gasteiger partial charge >= 0.3 is 0 Å². The number of hydrogen-bond donors (Lipinski definition) is 1.